The van der Waals surface area contributed by atoms with Crippen molar-refractivity contribution in [2.24, 2.45) is 0 Å². The average Bonchev–Trinajstić information content (AvgIpc) is 2.34. The summed E-state index contributed by atoms with van der Waals surface area (Å²) in [5, 5.41) is 7.09. The Kier molecular flexibility index (Phi) is 10.1. The molecule has 0 fully saturated rings. The summed E-state index contributed by atoms with van der Waals surface area (Å²) in [4.78, 5) is 11.7. The van der Waals surface area contributed by atoms with Gasteiger partial charge in [-0.15, -0.1) is 12.4 Å². The van der Waals surface area contributed by atoms with Crippen LogP contribution in [-0.2, 0) is 11.2 Å². The van der Waals surface area contributed by atoms with Crippen molar-refractivity contribution in [3.05, 3.63) is 33.8 Å². The number of halogens is 3. The molecule has 19 heavy (non-hydrogen) atoms. The monoisotopic (exact) mass is 324 g/mol. The van der Waals surface area contributed by atoms with Crippen molar-refractivity contribution in [1.29, 1.82) is 0 Å². The maximum absolute atomic E-state index is 11.7. The van der Waals surface area contributed by atoms with Gasteiger partial charge in [0.15, 0.2) is 0 Å². The average molecular weight is 326 g/mol. The van der Waals surface area contributed by atoms with Crippen LogP contribution in [0.4, 0.5) is 0 Å². The van der Waals surface area contributed by atoms with Gasteiger partial charge >= 0.3 is 0 Å². The minimum absolute atomic E-state index is 0. The summed E-state index contributed by atoms with van der Waals surface area (Å²) >= 11 is 12.0. The van der Waals surface area contributed by atoms with Crippen molar-refractivity contribution in [1.82, 2.24) is 10.6 Å². The van der Waals surface area contributed by atoms with Crippen LogP contribution in [0.1, 0.15) is 18.9 Å². The molecule has 1 aromatic carbocycles. The number of amides is 1. The van der Waals surface area contributed by atoms with Gasteiger partial charge in [0.2, 0.25) is 5.91 Å². The third-order valence-corrected chi connectivity index (χ3v) is 3.16. The fraction of sp³-hybridized carbons (Fsp3) is 0.462. The molecule has 0 saturated carbocycles. The van der Waals surface area contributed by atoms with Crippen molar-refractivity contribution in [2.75, 3.05) is 19.6 Å². The molecule has 0 aliphatic rings. The van der Waals surface area contributed by atoms with Gasteiger partial charge in [0.1, 0.15) is 0 Å². The van der Waals surface area contributed by atoms with Crippen LogP contribution in [0, 0.1) is 0 Å². The summed E-state index contributed by atoms with van der Waals surface area (Å²) in [5.41, 5.74) is 0.680. The van der Waals surface area contributed by atoms with Crippen LogP contribution >= 0.6 is 35.6 Å². The largest absolute Gasteiger partial charge is 0.355 e. The second-order valence-electron chi connectivity index (χ2n) is 3.98. The van der Waals surface area contributed by atoms with E-state index in [1.165, 1.54) is 0 Å². The van der Waals surface area contributed by atoms with Gasteiger partial charge in [-0.1, -0.05) is 36.2 Å². The molecule has 0 aromatic heterocycles. The van der Waals surface area contributed by atoms with Crippen LogP contribution < -0.4 is 10.6 Å². The maximum Gasteiger partial charge on any atom is 0.224 e. The SMILES string of the molecule is CCCNCCNC(=O)Cc1c(Cl)cccc1Cl.Cl. The maximum atomic E-state index is 11.7. The van der Waals surface area contributed by atoms with Crippen LogP contribution in [0.5, 0.6) is 0 Å². The van der Waals surface area contributed by atoms with Gasteiger partial charge in [-0.25, -0.2) is 0 Å². The van der Waals surface area contributed by atoms with E-state index in [0.29, 0.717) is 22.2 Å². The molecule has 0 bridgehead atoms. The Labute approximate surface area is 130 Å². The molecule has 6 heteroatoms. The van der Waals surface area contributed by atoms with Crippen LogP contribution in [0.2, 0.25) is 10.0 Å². The van der Waals surface area contributed by atoms with Crippen molar-refractivity contribution in [3.63, 3.8) is 0 Å². The molecule has 0 unspecified atom stereocenters. The first kappa shape index (κ1) is 18.5. The Hall–Kier alpha value is -0.480. The van der Waals surface area contributed by atoms with Gasteiger partial charge in [-0.2, -0.15) is 0 Å². The number of benzene rings is 1. The first-order valence-corrected chi connectivity index (χ1v) is 6.81. The summed E-state index contributed by atoms with van der Waals surface area (Å²) in [5.74, 6) is -0.0664. The standard InChI is InChI=1S/C13H18Cl2N2O.ClH/c1-2-6-16-7-8-17-13(18)9-10-11(14)4-3-5-12(10)15;/h3-5,16H,2,6-9H2,1H3,(H,17,18);1H. The number of carbonyl (C=O) groups excluding carboxylic acids is 1. The molecular weight excluding hydrogens is 307 g/mol. The molecule has 1 rings (SSSR count). The fourth-order valence-electron chi connectivity index (χ4n) is 1.52. The van der Waals surface area contributed by atoms with Gasteiger partial charge in [0, 0.05) is 23.1 Å². The molecule has 2 N–H and O–H groups in total. The molecule has 0 heterocycles. The van der Waals surface area contributed by atoms with Gasteiger partial charge in [0.25, 0.3) is 0 Å². The third-order valence-electron chi connectivity index (χ3n) is 2.45. The molecule has 1 amide bonds. The van der Waals surface area contributed by atoms with Crippen molar-refractivity contribution in [2.45, 2.75) is 19.8 Å². The Balaban J connectivity index is 0.00000324. The van der Waals surface area contributed by atoms with E-state index in [0.717, 1.165) is 19.5 Å². The third kappa shape index (κ3) is 7.02. The highest BCUT2D eigenvalue weighted by molar-refractivity contribution is 6.36. The smallest absolute Gasteiger partial charge is 0.224 e. The molecule has 0 aliphatic heterocycles. The lowest BCUT2D eigenvalue weighted by molar-refractivity contribution is -0.120. The molecule has 1 aromatic rings. The highest BCUT2D eigenvalue weighted by Crippen LogP contribution is 2.24. The van der Waals surface area contributed by atoms with Crippen LogP contribution in [0.25, 0.3) is 0 Å². The quantitative estimate of drug-likeness (QED) is 0.757. The number of carbonyl (C=O) groups is 1. The highest BCUT2D eigenvalue weighted by atomic mass is 35.5. The van der Waals surface area contributed by atoms with E-state index in [2.05, 4.69) is 17.6 Å². The van der Waals surface area contributed by atoms with Crippen LogP contribution in [0.3, 0.4) is 0 Å². The van der Waals surface area contributed by atoms with Crippen molar-refractivity contribution < 1.29 is 4.79 Å². The molecule has 3 nitrogen and oxygen atoms in total. The van der Waals surface area contributed by atoms with Crippen LogP contribution in [-0.4, -0.2) is 25.5 Å². The number of hydrogen-bond acceptors (Lipinski definition) is 2. The highest BCUT2D eigenvalue weighted by Gasteiger charge is 2.09. The lowest BCUT2D eigenvalue weighted by Crippen LogP contribution is -2.33. The van der Waals surface area contributed by atoms with E-state index in [-0.39, 0.29) is 24.7 Å². The molecule has 0 spiro atoms. The Morgan fingerprint density at radius 2 is 1.79 bits per heavy atom. The Morgan fingerprint density at radius 1 is 1.16 bits per heavy atom. The van der Waals surface area contributed by atoms with E-state index in [1.807, 2.05) is 0 Å². The number of nitrogens with one attached hydrogen (secondary N) is 2. The predicted octanol–water partition coefficient (Wildman–Crippen LogP) is 3.07. The van der Waals surface area contributed by atoms with Crippen molar-refractivity contribution in [3.8, 4) is 0 Å². The molecule has 0 atom stereocenters. The van der Waals surface area contributed by atoms with E-state index >= 15 is 0 Å². The second-order valence-corrected chi connectivity index (χ2v) is 4.79. The predicted molar refractivity (Wildman–Crippen MR) is 83.6 cm³/mol. The zero-order chi connectivity index (χ0) is 13.4. The first-order chi connectivity index (χ1) is 8.65. The summed E-state index contributed by atoms with van der Waals surface area (Å²) in [6.07, 6.45) is 1.30. The lowest BCUT2D eigenvalue weighted by atomic mass is 10.1. The van der Waals surface area contributed by atoms with Gasteiger partial charge < -0.3 is 10.6 Å². The zero-order valence-electron chi connectivity index (χ0n) is 10.8. The summed E-state index contributed by atoms with van der Waals surface area (Å²) in [7, 11) is 0. The van der Waals surface area contributed by atoms with Gasteiger partial charge in [0.05, 0.1) is 6.42 Å². The summed E-state index contributed by atoms with van der Waals surface area (Å²) in [6, 6.07) is 5.23. The van der Waals surface area contributed by atoms with E-state index in [4.69, 9.17) is 23.2 Å². The van der Waals surface area contributed by atoms with Gasteiger partial charge in [-0.3, -0.25) is 4.79 Å². The van der Waals surface area contributed by atoms with E-state index in [1.54, 1.807) is 18.2 Å². The lowest BCUT2D eigenvalue weighted by Gasteiger charge is -2.08. The Bertz CT molecular complexity index is 379. The zero-order valence-corrected chi connectivity index (χ0v) is 13.2. The van der Waals surface area contributed by atoms with Crippen LogP contribution in [0.15, 0.2) is 18.2 Å². The number of rotatable bonds is 7. The van der Waals surface area contributed by atoms with E-state index < -0.39 is 0 Å². The summed E-state index contributed by atoms with van der Waals surface area (Å²) < 4.78 is 0. The molecule has 0 radical (unpaired) electrons. The van der Waals surface area contributed by atoms with Crippen molar-refractivity contribution >= 4 is 41.5 Å². The Morgan fingerprint density at radius 3 is 2.37 bits per heavy atom. The molecule has 0 aliphatic carbocycles. The minimum Gasteiger partial charge on any atom is -0.355 e. The van der Waals surface area contributed by atoms with E-state index in [9.17, 15) is 4.79 Å². The topological polar surface area (TPSA) is 41.1 Å². The molecular formula is C13H19Cl3N2O. The normalized spacial score (nSPS) is 9.84. The molecule has 0 saturated heterocycles. The number of hydrogen-bond donors (Lipinski definition) is 2. The summed E-state index contributed by atoms with van der Waals surface area (Å²) in [6.45, 7) is 4.45. The minimum atomic E-state index is -0.0664. The van der Waals surface area contributed by atoms with Gasteiger partial charge in [-0.05, 0) is 30.7 Å². The first-order valence-electron chi connectivity index (χ1n) is 6.05. The molecule has 108 valence electrons. The fourth-order valence-corrected chi connectivity index (χ4v) is 2.05. The second kappa shape index (κ2) is 10.3.